The fourth-order valence-corrected chi connectivity index (χ4v) is 2.43. The number of aliphatic hydroxyl groups is 1. The number of hydrogen-bond acceptors (Lipinski definition) is 6. The molecule has 0 aliphatic carbocycles. The molecular weight excluding hydrogens is 258 g/mol. The summed E-state index contributed by atoms with van der Waals surface area (Å²) in [6.45, 7) is 3.25. The number of tetrazole rings is 1. The van der Waals surface area contributed by atoms with E-state index in [9.17, 15) is 5.11 Å². The summed E-state index contributed by atoms with van der Waals surface area (Å²) in [7, 11) is 0. The van der Waals surface area contributed by atoms with Crippen molar-refractivity contribution in [1.82, 2.24) is 20.2 Å². The Balaban J connectivity index is 1.89. The molecule has 1 aromatic carbocycles. The van der Waals surface area contributed by atoms with Gasteiger partial charge < -0.3 is 14.7 Å². The van der Waals surface area contributed by atoms with Gasteiger partial charge in [0.15, 0.2) is 0 Å². The van der Waals surface area contributed by atoms with Crippen LogP contribution in [0.4, 0.5) is 5.95 Å². The molecule has 0 bridgehead atoms. The molecule has 2 aromatic rings. The lowest BCUT2D eigenvalue weighted by atomic mass is 10.2. The Kier molecular flexibility index (Phi) is 3.62. The number of ether oxygens (including phenoxy) is 1. The number of nitrogens with zero attached hydrogens (tertiary/aromatic N) is 5. The molecule has 1 fully saturated rings. The highest BCUT2D eigenvalue weighted by Crippen LogP contribution is 2.20. The standard InChI is InChI=1S/C13H17N5O2/c1-10-7-17(8-12(9-19)20-10)13-14-15-16-18(13)11-5-3-2-4-6-11/h2-6,10,12,19H,7-9H2,1H3. The minimum Gasteiger partial charge on any atom is -0.394 e. The third kappa shape index (κ3) is 2.50. The quantitative estimate of drug-likeness (QED) is 0.865. The van der Waals surface area contributed by atoms with Crippen LogP contribution in [0.2, 0.25) is 0 Å². The molecule has 0 saturated carbocycles. The van der Waals surface area contributed by atoms with E-state index in [1.54, 1.807) is 4.68 Å². The van der Waals surface area contributed by atoms with Gasteiger partial charge in [0.25, 0.3) is 5.95 Å². The zero-order chi connectivity index (χ0) is 13.9. The van der Waals surface area contributed by atoms with Gasteiger partial charge in [0.05, 0.1) is 24.5 Å². The fraction of sp³-hybridized carbons (Fsp3) is 0.462. The highest BCUT2D eigenvalue weighted by atomic mass is 16.5. The first-order chi connectivity index (χ1) is 9.78. The van der Waals surface area contributed by atoms with Crippen molar-refractivity contribution in [3.8, 4) is 5.69 Å². The average Bonchev–Trinajstić information content (AvgIpc) is 2.97. The van der Waals surface area contributed by atoms with Crippen LogP contribution in [0.1, 0.15) is 6.92 Å². The monoisotopic (exact) mass is 275 g/mol. The molecule has 7 heteroatoms. The van der Waals surface area contributed by atoms with E-state index >= 15 is 0 Å². The Hall–Kier alpha value is -1.99. The van der Waals surface area contributed by atoms with E-state index in [0.29, 0.717) is 19.0 Å². The van der Waals surface area contributed by atoms with E-state index < -0.39 is 0 Å². The number of rotatable bonds is 3. The lowest BCUT2D eigenvalue weighted by Gasteiger charge is -2.36. The number of aliphatic hydroxyl groups excluding tert-OH is 1. The zero-order valence-corrected chi connectivity index (χ0v) is 11.3. The van der Waals surface area contributed by atoms with Gasteiger partial charge >= 0.3 is 0 Å². The Morgan fingerprint density at radius 1 is 1.30 bits per heavy atom. The fourth-order valence-electron chi connectivity index (χ4n) is 2.43. The molecule has 1 aromatic heterocycles. The molecule has 1 aliphatic rings. The van der Waals surface area contributed by atoms with Gasteiger partial charge in [-0.25, -0.2) is 0 Å². The van der Waals surface area contributed by atoms with E-state index in [2.05, 4.69) is 15.5 Å². The number of morpholine rings is 1. The van der Waals surface area contributed by atoms with Gasteiger partial charge in [0.2, 0.25) is 0 Å². The van der Waals surface area contributed by atoms with Gasteiger partial charge in [-0.1, -0.05) is 23.3 Å². The van der Waals surface area contributed by atoms with Crippen LogP contribution in [0.5, 0.6) is 0 Å². The first-order valence-corrected chi connectivity index (χ1v) is 6.63. The van der Waals surface area contributed by atoms with Crippen LogP contribution in [0.25, 0.3) is 5.69 Å². The van der Waals surface area contributed by atoms with Gasteiger partial charge in [-0.3, -0.25) is 0 Å². The second-order valence-electron chi connectivity index (χ2n) is 4.88. The second-order valence-corrected chi connectivity index (χ2v) is 4.88. The van der Waals surface area contributed by atoms with Crippen molar-refractivity contribution in [2.24, 2.45) is 0 Å². The van der Waals surface area contributed by atoms with Gasteiger partial charge in [-0.2, -0.15) is 4.68 Å². The van der Waals surface area contributed by atoms with E-state index in [0.717, 1.165) is 5.69 Å². The normalized spacial score (nSPS) is 23.0. The Bertz CT molecular complexity index is 559. The van der Waals surface area contributed by atoms with E-state index in [4.69, 9.17) is 4.74 Å². The maximum absolute atomic E-state index is 9.30. The molecule has 7 nitrogen and oxygen atoms in total. The number of benzene rings is 1. The molecule has 20 heavy (non-hydrogen) atoms. The van der Waals surface area contributed by atoms with Gasteiger partial charge in [0, 0.05) is 13.1 Å². The molecular formula is C13H17N5O2. The molecule has 1 N–H and O–H groups in total. The number of aromatic nitrogens is 4. The molecule has 2 unspecified atom stereocenters. The Morgan fingerprint density at radius 2 is 2.10 bits per heavy atom. The Morgan fingerprint density at radius 3 is 2.85 bits per heavy atom. The van der Waals surface area contributed by atoms with Crippen molar-refractivity contribution >= 4 is 5.95 Å². The van der Waals surface area contributed by atoms with Crippen molar-refractivity contribution in [1.29, 1.82) is 0 Å². The molecule has 2 atom stereocenters. The van der Waals surface area contributed by atoms with Crippen LogP contribution in [0, 0.1) is 0 Å². The number of hydrogen-bond donors (Lipinski definition) is 1. The van der Waals surface area contributed by atoms with E-state index in [1.807, 2.05) is 42.2 Å². The van der Waals surface area contributed by atoms with Crippen molar-refractivity contribution in [3.05, 3.63) is 30.3 Å². The number of para-hydroxylation sites is 1. The van der Waals surface area contributed by atoms with Gasteiger partial charge in [-0.15, -0.1) is 0 Å². The highest BCUT2D eigenvalue weighted by molar-refractivity contribution is 5.41. The lowest BCUT2D eigenvalue weighted by molar-refractivity contribution is -0.0426. The van der Waals surface area contributed by atoms with E-state index in [1.165, 1.54) is 0 Å². The summed E-state index contributed by atoms with van der Waals surface area (Å²) in [6.07, 6.45) is -0.179. The lowest BCUT2D eigenvalue weighted by Crippen LogP contribution is -2.49. The maximum atomic E-state index is 9.30. The van der Waals surface area contributed by atoms with Crippen LogP contribution >= 0.6 is 0 Å². The molecule has 0 amide bonds. The summed E-state index contributed by atoms with van der Waals surface area (Å²) in [6, 6.07) is 9.74. The summed E-state index contributed by atoms with van der Waals surface area (Å²) in [5, 5.41) is 21.2. The van der Waals surface area contributed by atoms with E-state index in [-0.39, 0.29) is 18.8 Å². The summed E-state index contributed by atoms with van der Waals surface area (Å²) in [4.78, 5) is 2.04. The van der Waals surface area contributed by atoms with Crippen LogP contribution < -0.4 is 4.90 Å². The molecule has 106 valence electrons. The Labute approximate surface area is 116 Å². The van der Waals surface area contributed by atoms with Crippen LogP contribution in [-0.4, -0.2) is 57.2 Å². The van der Waals surface area contributed by atoms with Crippen molar-refractivity contribution in [2.75, 3.05) is 24.6 Å². The molecule has 0 spiro atoms. The first kappa shape index (κ1) is 13.0. The third-order valence-electron chi connectivity index (χ3n) is 3.27. The largest absolute Gasteiger partial charge is 0.394 e. The minimum atomic E-state index is -0.209. The molecule has 1 saturated heterocycles. The third-order valence-corrected chi connectivity index (χ3v) is 3.27. The maximum Gasteiger partial charge on any atom is 0.250 e. The van der Waals surface area contributed by atoms with Crippen molar-refractivity contribution < 1.29 is 9.84 Å². The van der Waals surface area contributed by atoms with Crippen molar-refractivity contribution in [2.45, 2.75) is 19.1 Å². The predicted molar refractivity (Wildman–Crippen MR) is 72.8 cm³/mol. The molecule has 2 heterocycles. The summed E-state index contributed by atoms with van der Waals surface area (Å²) in [5.74, 6) is 0.671. The second kappa shape index (κ2) is 5.56. The highest BCUT2D eigenvalue weighted by Gasteiger charge is 2.28. The SMILES string of the molecule is CC1CN(c2nnnn2-c2ccccc2)CC(CO)O1. The summed E-state index contributed by atoms with van der Waals surface area (Å²) >= 11 is 0. The molecule has 1 aliphatic heterocycles. The summed E-state index contributed by atoms with van der Waals surface area (Å²) in [5.41, 5.74) is 0.909. The van der Waals surface area contributed by atoms with Gasteiger partial charge in [-0.05, 0) is 29.5 Å². The van der Waals surface area contributed by atoms with Crippen LogP contribution in [-0.2, 0) is 4.74 Å². The zero-order valence-electron chi connectivity index (χ0n) is 11.3. The molecule has 0 radical (unpaired) electrons. The van der Waals surface area contributed by atoms with Crippen LogP contribution in [0.3, 0.4) is 0 Å². The van der Waals surface area contributed by atoms with Crippen LogP contribution in [0.15, 0.2) is 30.3 Å². The average molecular weight is 275 g/mol. The number of anilines is 1. The predicted octanol–water partition coefficient (Wildman–Crippen LogP) is 0.248. The summed E-state index contributed by atoms with van der Waals surface area (Å²) < 4.78 is 7.34. The smallest absolute Gasteiger partial charge is 0.250 e. The minimum absolute atomic E-state index is 0.00621. The van der Waals surface area contributed by atoms with Crippen molar-refractivity contribution in [3.63, 3.8) is 0 Å². The first-order valence-electron chi connectivity index (χ1n) is 6.63. The van der Waals surface area contributed by atoms with Gasteiger partial charge in [0.1, 0.15) is 0 Å². The molecule has 3 rings (SSSR count). The topological polar surface area (TPSA) is 76.3 Å².